The molecular weight excluding hydrogens is 236 g/mol. The van der Waals surface area contributed by atoms with Crippen molar-refractivity contribution in [3.8, 4) is 0 Å². The van der Waals surface area contributed by atoms with Gasteiger partial charge < -0.3 is 15.5 Å². The molecule has 2 saturated carbocycles. The van der Waals surface area contributed by atoms with Crippen molar-refractivity contribution in [3.63, 3.8) is 0 Å². The molecule has 106 valence electrons. The highest BCUT2D eigenvalue weighted by molar-refractivity contribution is 5.19. The zero-order valence-corrected chi connectivity index (χ0v) is 11.9. The van der Waals surface area contributed by atoms with Gasteiger partial charge in [-0.25, -0.2) is 0 Å². The van der Waals surface area contributed by atoms with Crippen molar-refractivity contribution in [2.75, 3.05) is 13.1 Å². The predicted octanol–water partition coefficient (Wildman–Crippen LogP) is 3.18. The van der Waals surface area contributed by atoms with Crippen molar-refractivity contribution >= 4 is 0 Å². The topological polar surface area (TPSA) is 51.2 Å². The van der Waals surface area contributed by atoms with Crippen molar-refractivity contribution in [1.29, 1.82) is 0 Å². The Kier molecular flexibility index (Phi) is 3.94. The van der Waals surface area contributed by atoms with E-state index < -0.39 is 0 Å². The first kappa shape index (κ1) is 13.2. The lowest BCUT2D eigenvalue weighted by atomic mass is 9.83. The van der Waals surface area contributed by atoms with E-state index in [1.54, 1.807) is 0 Å². The van der Waals surface area contributed by atoms with Crippen molar-refractivity contribution < 1.29 is 4.42 Å². The van der Waals surface area contributed by atoms with E-state index in [4.69, 9.17) is 10.2 Å². The van der Waals surface area contributed by atoms with Gasteiger partial charge in [0.05, 0.1) is 6.04 Å². The summed E-state index contributed by atoms with van der Waals surface area (Å²) < 4.78 is 5.99. The Labute approximate surface area is 115 Å². The molecule has 1 heterocycles. The lowest BCUT2D eigenvalue weighted by Gasteiger charge is -2.26. The molecule has 3 N–H and O–H groups in total. The molecule has 3 rings (SSSR count). The van der Waals surface area contributed by atoms with E-state index >= 15 is 0 Å². The van der Waals surface area contributed by atoms with Crippen LogP contribution in [0.3, 0.4) is 0 Å². The molecule has 0 aromatic carbocycles. The molecule has 3 unspecified atom stereocenters. The van der Waals surface area contributed by atoms with Crippen molar-refractivity contribution in [2.24, 2.45) is 17.6 Å². The number of nitrogens with one attached hydrogen (secondary N) is 1. The maximum absolute atomic E-state index is 5.99. The molecule has 0 aliphatic heterocycles. The zero-order chi connectivity index (χ0) is 13.2. The molecule has 3 atom stereocenters. The molecule has 1 aromatic rings. The Morgan fingerprint density at radius 2 is 2.21 bits per heavy atom. The van der Waals surface area contributed by atoms with Crippen LogP contribution in [0, 0.1) is 11.8 Å². The largest absolute Gasteiger partial charge is 0.464 e. The second-order valence-electron chi connectivity index (χ2n) is 6.39. The van der Waals surface area contributed by atoms with Crippen LogP contribution in [-0.2, 0) is 0 Å². The maximum atomic E-state index is 5.99. The van der Waals surface area contributed by atoms with E-state index in [9.17, 15) is 0 Å². The lowest BCUT2D eigenvalue weighted by molar-refractivity contribution is 0.283. The van der Waals surface area contributed by atoms with Gasteiger partial charge >= 0.3 is 0 Å². The molecule has 0 spiro atoms. The Bertz CT molecular complexity index is 411. The normalized spacial score (nSPS) is 28.1. The van der Waals surface area contributed by atoms with Gasteiger partial charge in [0.15, 0.2) is 0 Å². The quantitative estimate of drug-likeness (QED) is 0.793. The number of furan rings is 1. The van der Waals surface area contributed by atoms with Gasteiger partial charge in [0, 0.05) is 12.5 Å². The van der Waals surface area contributed by atoms with E-state index in [1.807, 2.05) is 0 Å². The fourth-order valence-electron chi connectivity index (χ4n) is 3.02. The first-order chi connectivity index (χ1) is 9.28. The highest BCUT2D eigenvalue weighted by Gasteiger charge is 2.36. The summed E-state index contributed by atoms with van der Waals surface area (Å²) in [5, 5.41) is 3.55. The average Bonchev–Trinajstić information content (AvgIpc) is 2.89. The summed E-state index contributed by atoms with van der Waals surface area (Å²) in [6.07, 6.45) is 6.81. The van der Waals surface area contributed by atoms with Crippen LogP contribution < -0.4 is 11.1 Å². The molecule has 2 fully saturated rings. The van der Waals surface area contributed by atoms with Crippen LogP contribution in [0.15, 0.2) is 16.5 Å². The fraction of sp³-hybridized carbons (Fsp3) is 0.750. The molecule has 3 nitrogen and oxygen atoms in total. The van der Waals surface area contributed by atoms with Crippen LogP contribution in [0.25, 0.3) is 0 Å². The first-order valence-corrected chi connectivity index (χ1v) is 7.81. The summed E-state index contributed by atoms with van der Waals surface area (Å²) in [6, 6.07) is 4.43. The van der Waals surface area contributed by atoms with E-state index in [-0.39, 0.29) is 6.04 Å². The van der Waals surface area contributed by atoms with Crippen LogP contribution in [0.1, 0.15) is 62.5 Å². The second kappa shape index (κ2) is 5.68. The van der Waals surface area contributed by atoms with Gasteiger partial charge in [0.1, 0.15) is 11.5 Å². The maximum Gasteiger partial charge on any atom is 0.122 e. The highest BCUT2D eigenvalue weighted by Crippen LogP contribution is 2.47. The Morgan fingerprint density at radius 3 is 2.79 bits per heavy atom. The fourth-order valence-corrected chi connectivity index (χ4v) is 3.02. The van der Waals surface area contributed by atoms with Gasteiger partial charge in [0.2, 0.25) is 0 Å². The number of hydrogen-bond donors (Lipinski definition) is 2. The summed E-state index contributed by atoms with van der Waals surface area (Å²) in [4.78, 5) is 0. The third-order valence-electron chi connectivity index (χ3n) is 4.87. The summed E-state index contributed by atoms with van der Waals surface area (Å²) in [5.41, 5.74) is 5.87. The van der Waals surface area contributed by atoms with Crippen LogP contribution in [0.2, 0.25) is 0 Å². The molecule has 0 radical (unpaired) electrons. The Hall–Kier alpha value is -0.800. The molecule has 19 heavy (non-hydrogen) atoms. The summed E-state index contributed by atoms with van der Waals surface area (Å²) >= 11 is 0. The minimum Gasteiger partial charge on any atom is -0.464 e. The Balaban J connectivity index is 1.50. The standard InChI is InChI=1S/C16H26N2O/c1-11-9-13(11)15-5-6-16(19-15)14(10-17)18-8-7-12-3-2-4-12/h5-6,11-14,18H,2-4,7-10,17H2,1H3. The first-order valence-electron chi connectivity index (χ1n) is 7.81. The van der Waals surface area contributed by atoms with Crippen LogP contribution in [0.5, 0.6) is 0 Å². The van der Waals surface area contributed by atoms with Crippen LogP contribution in [-0.4, -0.2) is 13.1 Å². The number of hydrogen-bond acceptors (Lipinski definition) is 3. The third-order valence-corrected chi connectivity index (χ3v) is 4.87. The van der Waals surface area contributed by atoms with Crippen LogP contribution >= 0.6 is 0 Å². The average molecular weight is 262 g/mol. The second-order valence-corrected chi connectivity index (χ2v) is 6.39. The monoisotopic (exact) mass is 262 g/mol. The summed E-state index contributed by atoms with van der Waals surface area (Å²) in [7, 11) is 0. The number of nitrogens with two attached hydrogens (primary N) is 1. The zero-order valence-electron chi connectivity index (χ0n) is 11.9. The van der Waals surface area contributed by atoms with E-state index in [0.717, 1.165) is 29.9 Å². The lowest BCUT2D eigenvalue weighted by Crippen LogP contribution is -2.30. The van der Waals surface area contributed by atoms with Gasteiger partial charge in [-0.05, 0) is 43.4 Å². The molecule has 2 aliphatic carbocycles. The SMILES string of the molecule is CC1CC1c1ccc(C(CN)NCCC2CCC2)o1. The molecule has 2 aliphatic rings. The van der Waals surface area contributed by atoms with E-state index in [0.29, 0.717) is 12.5 Å². The van der Waals surface area contributed by atoms with E-state index in [1.165, 1.54) is 32.1 Å². The van der Waals surface area contributed by atoms with Gasteiger partial charge in [-0.2, -0.15) is 0 Å². The molecule has 0 amide bonds. The Morgan fingerprint density at radius 1 is 1.42 bits per heavy atom. The van der Waals surface area contributed by atoms with E-state index in [2.05, 4.69) is 24.4 Å². The minimum atomic E-state index is 0.183. The smallest absolute Gasteiger partial charge is 0.122 e. The van der Waals surface area contributed by atoms with Gasteiger partial charge in [-0.1, -0.05) is 26.2 Å². The van der Waals surface area contributed by atoms with Gasteiger partial charge in [0.25, 0.3) is 0 Å². The van der Waals surface area contributed by atoms with Gasteiger partial charge in [-0.3, -0.25) is 0 Å². The highest BCUT2D eigenvalue weighted by atomic mass is 16.3. The minimum absolute atomic E-state index is 0.183. The van der Waals surface area contributed by atoms with Crippen molar-refractivity contribution in [1.82, 2.24) is 5.32 Å². The molecular formula is C16H26N2O. The summed E-state index contributed by atoms with van der Waals surface area (Å²) in [6.45, 7) is 3.95. The van der Waals surface area contributed by atoms with Crippen molar-refractivity contribution in [3.05, 3.63) is 23.7 Å². The third kappa shape index (κ3) is 3.03. The molecule has 1 aromatic heterocycles. The number of rotatable bonds is 7. The molecule has 0 bridgehead atoms. The molecule has 0 saturated heterocycles. The molecule has 3 heteroatoms. The van der Waals surface area contributed by atoms with Crippen molar-refractivity contribution in [2.45, 2.75) is 51.0 Å². The van der Waals surface area contributed by atoms with Crippen LogP contribution in [0.4, 0.5) is 0 Å². The predicted molar refractivity (Wildman–Crippen MR) is 77.0 cm³/mol. The van der Waals surface area contributed by atoms with Gasteiger partial charge in [-0.15, -0.1) is 0 Å². The summed E-state index contributed by atoms with van der Waals surface area (Å²) in [5.74, 6) is 4.57.